The third-order valence-corrected chi connectivity index (χ3v) is 5.83. The number of hydrogen-bond acceptors (Lipinski definition) is 4. The molecular formula is C29H28N2O3. The number of nitrogens with zero attached hydrogens (tertiary/aromatic N) is 2. The van der Waals surface area contributed by atoms with E-state index in [1.165, 1.54) is 5.56 Å². The topological polar surface area (TPSA) is 53.3 Å². The first-order chi connectivity index (χ1) is 16.5. The highest BCUT2D eigenvalue weighted by Crippen LogP contribution is 2.26. The Hall–Kier alpha value is -4.12. The van der Waals surface area contributed by atoms with E-state index in [1.54, 1.807) is 30.1 Å². The summed E-state index contributed by atoms with van der Waals surface area (Å²) in [6, 6.07) is 24.2. The molecule has 4 aromatic rings. The first-order valence-corrected chi connectivity index (χ1v) is 11.2. The van der Waals surface area contributed by atoms with E-state index >= 15 is 0 Å². The van der Waals surface area contributed by atoms with E-state index in [1.807, 2.05) is 68.6 Å². The number of carbonyl (C=O) groups is 1. The number of benzene rings is 3. The molecule has 5 nitrogen and oxygen atoms in total. The van der Waals surface area contributed by atoms with Crippen molar-refractivity contribution in [3.05, 3.63) is 119 Å². The summed E-state index contributed by atoms with van der Waals surface area (Å²) in [7, 11) is 3.47. The Morgan fingerprint density at radius 2 is 1.74 bits per heavy atom. The highest BCUT2D eigenvalue weighted by atomic mass is 16.5. The Morgan fingerprint density at radius 1 is 0.971 bits per heavy atom. The highest BCUT2D eigenvalue weighted by Gasteiger charge is 2.11. The van der Waals surface area contributed by atoms with Crippen LogP contribution in [0, 0.1) is 6.92 Å². The van der Waals surface area contributed by atoms with E-state index in [4.69, 9.17) is 9.47 Å². The maximum atomic E-state index is 12.6. The average molecular weight is 453 g/mol. The maximum absolute atomic E-state index is 12.6. The molecule has 0 N–H and O–H groups in total. The van der Waals surface area contributed by atoms with Crippen molar-refractivity contribution < 1.29 is 14.3 Å². The van der Waals surface area contributed by atoms with Gasteiger partial charge in [-0.2, -0.15) is 5.10 Å². The summed E-state index contributed by atoms with van der Waals surface area (Å²) in [5.74, 6) is 1.51. The number of methoxy groups -OCH3 is 1. The molecular weight excluding hydrogens is 424 g/mol. The van der Waals surface area contributed by atoms with Gasteiger partial charge in [-0.3, -0.25) is 9.48 Å². The van der Waals surface area contributed by atoms with Gasteiger partial charge < -0.3 is 9.47 Å². The molecule has 0 radical (unpaired) electrons. The number of ketones is 1. The Bertz CT molecular complexity index is 1310. The Labute approximate surface area is 200 Å². The number of allylic oxidation sites excluding steroid dienone is 1. The van der Waals surface area contributed by atoms with Crippen LogP contribution in [0.3, 0.4) is 0 Å². The molecule has 0 saturated carbocycles. The van der Waals surface area contributed by atoms with Gasteiger partial charge in [0.05, 0.1) is 18.9 Å². The van der Waals surface area contributed by atoms with Crippen molar-refractivity contribution in [2.45, 2.75) is 20.0 Å². The molecule has 172 valence electrons. The summed E-state index contributed by atoms with van der Waals surface area (Å²) in [4.78, 5) is 12.6. The van der Waals surface area contributed by atoms with Gasteiger partial charge in [0, 0.05) is 24.7 Å². The van der Waals surface area contributed by atoms with Crippen molar-refractivity contribution in [2.24, 2.45) is 7.05 Å². The number of carbonyl (C=O) groups excluding carboxylic acids is 1. The minimum Gasteiger partial charge on any atom is -0.496 e. The zero-order valence-electron chi connectivity index (χ0n) is 19.7. The fourth-order valence-corrected chi connectivity index (χ4v) is 3.78. The Morgan fingerprint density at radius 3 is 2.47 bits per heavy atom. The summed E-state index contributed by atoms with van der Waals surface area (Å²) in [6.07, 6.45) is 5.78. The standard InChI is InChI=1S/C29H28N2O3/c1-21-26(19-30-31(21)2)27(32)15-13-23-14-16-28(33-3)25(18-23)20-34-29-12-8-7-11-24(29)17-22-9-5-4-6-10-22/h4-16,18-19H,17,20H2,1-3H3/b15-13+. The van der Waals surface area contributed by atoms with Crippen LogP contribution in [0.25, 0.3) is 6.08 Å². The second kappa shape index (κ2) is 10.7. The van der Waals surface area contributed by atoms with E-state index < -0.39 is 0 Å². The van der Waals surface area contributed by atoms with Crippen LogP contribution >= 0.6 is 0 Å². The van der Waals surface area contributed by atoms with E-state index in [0.717, 1.165) is 40.3 Å². The first kappa shape index (κ1) is 23.1. The molecule has 5 heteroatoms. The van der Waals surface area contributed by atoms with Gasteiger partial charge in [0.1, 0.15) is 18.1 Å². The normalized spacial score (nSPS) is 11.0. The third-order valence-electron chi connectivity index (χ3n) is 5.83. The van der Waals surface area contributed by atoms with Gasteiger partial charge >= 0.3 is 0 Å². The first-order valence-electron chi connectivity index (χ1n) is 11.2. The predicted octanol–water partition coefficient (Wildman–Crippen LogP) is 5.80. The van der Waals surface area contributed by atoms with Crippen molar-refractivity contribution in [3.8, 4) is 11.5 Å². The van der Waals surface area contributed by atoms with Gasteiger partial charge in [0.25, 0.3) is 0 Å². The van der Waals surface area contributed by atoms with Gasteiger partial charge in [-0.05, 0) is 47.9 Å². The molecule has 0 aliphatic rings. The zero-order chi connectivity index (χ0) is 23.9. The molecule has 0 saturated heterocycles. The summed E-state index contributed by atoms with van der Waals surface area (Å²) >= 11 is 0. The molecule has 4 rings (SSSR count). The Balaban J connectivity index is 1.50. The number of para-hydroxylation sites is 1. The van der Waals surface area contributed by atoms with E-state index in [2.05, 4.69) is 23.3 Å². The lowest BCUT2D eigenvalue weighted by Gasteiger charge is -2.14. The molecule has 1 heterocycles. The molecule has 0 bridgehead atoms. The molecule has 0 amide bonds. The minimum atomic E-state index is -0.0749. The van der Waals surface area contributed by atoms with Gasteiger partial charge in [0.2, 0.25) is 0 Å². The lowest BCUT2D eigenvalue weighted by molar-refractivity contribution is 0.104. The number of aryl methyl sites for hydroxylation is 1. The minimum absolute atomic E-state index is 0.0749. The highest BCUT2D eigenvalue weighted by molar-refractivity contribution is 6.07. The smallest absolute Gasteiger partial charge is 0.189 e. The molecule has 34 heavy (non-hydrogen) atoms. The van der Waals surface area contributed by atoms with Crippen molar-refractivity contribution in [1.29, 1.82) is 0 Å². The summed E-state index contributed by atoms with van der Waals surface area (Å²) in [6.45, 7) is 2.23. The molecule has 0 aliphatic carbocycles. The molecule has 0 atom stereocenters. The second-order valence-electron chi connectivity index (χ2n) is 8.09. The lowest BCUT2D eigenvalue weighted by Crippen LogP contribution is -2.02. The zero-order valence-corrected chi connectivity index (χ0v) is 19.7. The van der Waals surface area contributed by atoms with Gasteiger partial charge in [-0.1, -0.05) is 60.7 Å². The van der Waals surface area contributed by atoms with Crippen molar-refractivity contribution in [2.75, 3.05) is 7.11 Å². The van der Waals surface area contributed by atoms with Crippen LogP contribution in [0.15, 0.2) is 85.1 Å². The summed E-state index contributed by atoms with van der Waals surface area (Å²) in [5, 5.41) is 4.14. The van der Waals surface area contributed by atoms with Crippen molar-refractivity contribution >= 4 is 11.9 Å². The molecule has 1 aromatic heterocycles. The summed E-state index contributed by atoms with van der Waals surface area (Å²) < 4.78 is 13.5. The molecule has 0 aliphatic heterocycles. The van der Waals surface area contributed by atoms with Gasteiger partial charge in [-0.25, -0.2) is 0 Å². The quantitative estimate of drug-likeness (QED) is 0.238. The summed E-state index contributed by atoms with van der Waals surface area (Å²) in [5.41, 5.74) is 5.60. The van der Waals surface area contributed by atoms with E-state index in [0.29, 0.717) is 12.2 Å². The van der Waals surface area contributed by atoms with Crippen LogP contribution in [0.1, 0.15) is 38.3 Å². The number of rotatable bonds is 9. The molecule has 0 unspecified atom stereocenters. The van der Waals surface area contributed by atoms with Crippen LogP contribution in [0.4, 0.5) is 0 Å². The second-order valence-corrected chi connectivity index (χ2v) is 8.09. The number of aromatic nitrogens is 2. The molecule has 0 fully saturated rings. The van der Waals surface area contributed by atoms with Crippen LogP contribution in [0.2, 0.25) is 0 Å². The van der Waals surface area contributed by atoms with Gasteiger partial charge in [-0.15, -0.1) is 0 Å². The fraction of sp³-hybridized carbons (Fsp3) is 0.172. The largest absolute Gasteiger partial charge is 0.496 e. The Kier molecular flexibility index (Phi) is 7.23. The third kappa shape index (κ3) is 5.44. The maximum Gasteiger partial charge on any atom is 0.189 e. The van der Waals surface area contributed by atoms with Crippen LogP contribution in [0.5, 0.6) is 11.5 Å². The SMILES string of the molecule is COc1ccc(/C=C/C(=O)c2cnn(C)c2C)cc1COc1ccccc1Cc1ccccc1. The van der Waals surface area contributed by atoms with Gasteiger partial charge in [0.15, 0.2) is 5.78 Å². The van der Waals surface area contributed by atoms with Crippen LogP contribution in [-0.4, -0.2) is 22.7 Å². The lowest BCUT2D eigenvalue weighted by atomic mass is 10.0. The van der Waals surface area contributed by atoms with E-state index in [9.17, 15) is 4.79 Å². The van der Waals surface area contributed by atoms with Crippen molar-refractivity contribution in [1.82, 2.24) is 9.78 Å². The van der Waals surface area contributed by atoms with E-state index in [-0.39, 0.29) is 5.78 Å². The number of hydrogen-bond donors (Lipinski definition) is 0. The molecule has 0 spiro atoms. The predicted molar refractivity (Wildman–Crippen MR) is 134 cm³/mol. The monoisotopic (exact) mass is 452 g/mol. The fourth-order valence-electron chi connectivity index (χ4n) is 3.78. The molecule has 3 aromatic carbocycles. The van der Waals surface area contributed by atoms with Crippen LogP contribution < -0.4 is 9.47 Å². The van der Waals surface area contributed by atoms with Crippen LogP contribution in [-0.2, 0) is 20.1 Å². The average Bonchev–Trinajstić information content (AvgIpc) is 3.20. The number of ether oxygens (including phenoxy) is 2. The van der Waals surface area contributed by atoms with Crippen molar-refractivity contribution in [3.63, 3.8) is 0 Å².